The highest BCUT2D eigenvalue weighted by Gasteiger charge is 2.44. The molecular formula is C11H20O4S. The Morgan fingerprint density at radius 3 is 2.44 bits per heavy atom. The summed E-state index contributed by atoms with van der Waals surface area (Å²) in [5, 5.41) is 8.36. The van der Waals surface area contributed by atoms with E-state index in [1.807, 2.05) is 13.8 Å². The molecule has 0 aromatic rings. The summed E-state index contributed by atoms with van der Waals surface area (Å²) in [6.45, 7) is 5.59. The second-order valence-corrected chi connectivity index (χ2v) is 7.85. The Morgan fingerprint density at radius 1 is 1.44 bits per heavy atom. The number of carboxylic acid groups (broad SMARTS) is 1. The molecule has 0 aliphatic heterocycles. The van der Waals surface area contributed by atoms with Crippen molar-refractivity contribution in [2.45, 2.75) is 45.3 Å². The predicted octanol–water partition coefficient (Wildman–Crippen LogP) is 1.70. The van der Waals surface area contributed by atoms with E-state index >= 15 is 0 Å². The molecule has 0 aromatic heterocycles. The molecule has 1 rings (SSSR count). The fraction of sp³-hybridized carbons (Fsp3) is 0.909. The van der Waals surface area contributed by atoms with Gasteiger partial charge in [-0.3, -0.25) is 4.79 Å². The minimum Gasteiger partial charge on any atom is -0.481 e. The lowest BCUT2D eigenvalue weighted by atomic mass is 9.73. The van der Waals surface area contributed by atoms with E-state index < -0.39 is 27.0 Å². The monoisotopic (exact) mass is 248 g/mol. The lowest BCUT2D eigenvalue weighted by molar-refractivity contribution is -0.143. The molecule has 1 aliphatic rings. The maximum absolute atomic E-state index is 11.9. The van der Waals surface area contributed by atoms with Crippen LogP contribution in [0.15, 0.2) is 0 Å². The number of hydrogen-bond acceptors (Lipinski definition) is 3. The van der Waals surface area contributed by atoms with E-state index in [-0.39, 0.29) is 11.2 Å². The van der Waals surface area contributed by atoms with Crippen molar-refractivity contribution in [1.29, 1.82) is 0 Å². The normalized spacial score (nSPS) is 29.9. The van der Waals surface area contributed by atoms with Gasteiger partial charge in [0.2, 0.25) is 0 Å². The van der Waals surface area contributed by atoms with Crippen LogP contribution in [0.4, 0.5) is 0 Å². The van der Waals surface area contributed by atoms with E-state index in [2.05, 4.69) is 0 Å². The molecular weight excluding hydrogens is 228 g/mol. The van der Waals surface area contributed by atoms with Crippen LogP contribution >= 0.6 is 0 Å². The van der Waals surface area contributed by atoms with Gasteiger partial charge in [-0.05, 0) is 24.7 Å². The van der Waals surface area contributed by atoms with Gasteiger partial charge in [0.05, 0.1) is 11.2 Å². The van der Waals surface area contributed by atoms with Crippen molar-refractivity contribution in [2.24, 2.45) is 11.3 Å². The summed E-state index contributed by atoms with van der Waals surface area (Å²) in [6, 6.07) is 0. The van der Waals surface area contributed by atoms with Gasteiger partial charge in [0.25, 0.3) is 0 Å². The summed E-state index contributed by atoms with van der Waals surface area (Å²) >= 11 is 0. The van der Waals surface area contributed by atoms with Gasteiger partial charge in [-0.1, -0.05) is 20.8 Å². The first kappa shape index (κ1) is 13.5. The highest BCUT2D eigenvalue weighted by atomic mass is 32.2. The average molecular weight is 248 g/mol. The van der Waals surface area contributed by atoms with Gasteiger partial charge < -0.3 is 5.11 Å². The minimum atomic E-state index is -3.27. The van der Waals surface area contributed by atoms with E-state index in [1.54, 1.807) is 6.92 Å². The van der Waals surface area contributed by atoms with Crippen molar-refractivity contribution in [1.82, 2.24) is 0 Å². The summed E-state index contributed by atoms with van der Waals surface area (Å²) in [4.78, 5) is 11.1. The zero-order chi connectivity index (χ0) is 12.6. The summed E-state index contributed by atoms with van der Waals surface area (Å²) in [5.74, 6) is -1.67. The summed E-state index contributed by atoms with van der Waals surface area (Å²) in [6.07, 6.45) is 1.70. The van der Waals surface area contributed by atoms with E-state index in [9.17, 15) is 13.2 Å². The molecule has 0 heterocycles. The smallest absolute Gasteiger partial charge is 0.307 e. The zero-order valence-corrected chi connectivity index (χ0v) is 10.9. The third kappa shape index (κ3) is 2.75. The number of hydrogen-bond donors (Lipinski definition) is 1. The van der Waals surface area contributed by atoms with Gasteiger partial charge in [0, 0.05) is 5.75 Å². The summed E-state index contributed by atoms with van der Waals surface area (Å²) in [7, 11) is -3.27. The maximum atomic E-state index is 11.9. The first-order chi connectivity index (χ1) is 7.19. The van der Waals surface area contributed by atoms with E-state index in [0.29, 0.717) is 12.8 Å². The average Bonchev–Trinajstić information content (AvgIpc) is 2.15. The zero-order valence-electron chi connectivity index (χ0n) is 10.1. The van der Waals surface area contributed by atoms with Crippen LogP contribution in [-0.4, -0.2) is 30.5 Å². The molecule has 2 unspecified atom stereocenters. The second kappa shape index (κ2) is 4.35. The van der Waals surface area contributed by atoms with Crippen molar-refractivity contribution in [3.63, 3.8) is 0 Å². The van der Waals surface area contributed by atoms with Crippen molar-refractivity contribution in [3.05, 3.63) is 0 Å². The topological polar surface area (TPSA) is 71.4 Å². The second-order valence-electron chi connectivity index (χ2n) is 5.34. The minimum absolute atomic E-state index is 0.0253. The van der Waals surface area contributed by atoms with Crippen LogP contribution in [0.3, 0.4) is 0 Å². The molecule has 1 saturated carbocycles. The Balaban J connectivity index is 3.02. The molecule has 2 atom stereocenters. The predicted molar refractivity (Wildman–Crippen MR) is 62.0 cm³/mol. The van der Waals surface area contributed by atoms with Crippen molar-refractivity contribution in [3.8, 4) is 0 Å². The van der Waals surface area contributed by atoms with E-state index in [4.69, 9.17) is 5.11 Å². The molecule has 1 N–H and O–H groups in total. The van der Waals surface area contributed by atoms with Crippen LogP contribution in [-0.2, 0) is 14.6 Å². The molecule has 0 spiro atoms. The highest BCUT2D eigenvalue weighted by molar-refractivity contribution is 7.92. The molecule has 94 valence electrons. The molecule has 1 aliphatic carbocycles. The maximum Gasteiger partial charge on any atom is 0.307 e. The van der Waals surface area contributed by atoms with Gasteiger partial charge in [-0.25, -0.2) is 8.42 Å². The Morgan fingerprint density at radius 2 is 2.00 bits per heavy atom. The third-order valence-corrected chi connectivity index (χ3v) is 5.74. The number of carbonyl (C=O) groups is 1. The fourth-order valence-corrected chi connectivity index (χ4v) is 4.28. The molecule has 0 bridgehead atoms. The molecule has 0 amide bonds. The standard InChI is InChI=1S/C11H20O4S/c1-4-16(14,15)9-7-11(2,3)6-5-8(9)10(12)13/h8-9H,4-7H2,1-3H3,(H,12,13). The first-order valence-electron chi connectivity index (χ1n) is 5.64. The molecule has 5 heteroatoms. The Hall–Kier alpha value is -0.580. The van der Waals surface area contributed by atoms with Crippen molar-refractivity contribution >= 4 is 15.8 Å². The van der Waals surface area contributed by atoms with Crippen LogP contribution in [0.2, 0.25) is 0 Å². The first-order valence-corrected chi connectivity index (χ1v) is 7.35. The number of rotatable bonds is 3. The lowest BCUT2D eigenvalue weighted by Gasteiger charge is -2.38. The molecule has 16 heavy (non-hydrogen) atoms. The lowest BCUT2D eigenvalue weighted by Crippen LogP contribution is -2.43. The van der Waals surface area contributed by atoms with Gasteiger partial charge in [0.15, 0.2) is 9.84 Å². The molecule has 0 aromatic carbocycles. The van der Waals surface area contributed by atoms with Crippen LogP contribution in [0.1, 0.15) is 40.0 Å². The molecule has 0 radical (unpaired) electrons. The van der Waals surface area contributed by atoms with Gasteiger partial charge in [0.1, 0.15) is 0 Å². The fourth-order valence-electron chi connectivity index (χ4n) is 2.39. The van der Waals surface area contributed by atoms with Crippen LogP contribution in [0.25, 0.3) is 0 Å². The van der Waals surface area contributed by atoms with Crippen LogP contribution in [0, 0.1) is 11.3 Å². The number of sulfone groups is 1. The Labute approximate surface area is 97.0 Å². The van der Waals surface area contributed by atoms with Crippen molar-refractivity contribution in [2.75, 3.05) is 5.75 Å². The van der Waals surface area contributed by atoms with Gasteiger partial charge in [-0.2, -0.15) is 0 Å². The van der Waals surface area contributed by atoms with Crippen LogP contribution < -0.4 is 0 Å². The Bertz CT molecular complexity index is 369. The van der Waals surface area contributed by atoms with Crippen molar-refractivity contribution < 1.29 is 18.3 Å². The summed E-state index contributed by atoms with van der Waals surface area (Å²) < 4.78 is 23.8. The largest absolute Gasteiger partial charge is 0.481 e. The highest BCUT2D eigenvalue weighted by Crippen LogP contribution is 2.41. The number of aliphatic carboxylic acids is 1. The molecule has 0 saturated heterocycles. The SMILES string of the molecule is CCS(=O)(=O)C1CC(C)(C)CCC1C(=O)O. The van der Waals surface area contributed by atoms with E-state index in [1.165, 1.54) is 0 Å². The quantitative estimate of drug-likeness (QED) is 0.825. The van der Waals surface area contributed by atoms with Gasteiger partial charge in [-0.15, -0.1) is 0 Å². The third-order valence-electron chi connectivity index (χ3n) is 3.52. The van der Waals surface area contributed by atoms with E-state index in [0.717, 1.165) is 6.42 Å². The summed E-state index contributed by atoms with van der Waals surface area (Å²) in [5.41, 5.74) is -0.0706. The Kier molecular flexibility index (Phi) is 3.67. The molecule has 1 fully saturated rings. The van der Waals surface area contributed by atoms with Crippen LogP contribution in [0.5, 0.6) is 0 Å². The number of carboxylic acids is 1. The molecule has 4 nitrogen and oxygen atoms in total. The van der Waals surface area contributed by atoms with Gasteiger partial charge >= 0.3 is 5.97 Å².